The maximum absolute atomic E-state index is 12.0. The predicted octanol–water partition coefficient (Wildman–Crippen LogP) is 1.57. The Bertz CT molecular complexity index is 627. The van der Waals surface area contributed by atoms with Gasteiger partial charge in [-0.2, -0.15) is 0 Å². The number of thiocarbonyl (C=S) groups is 1. The molecule has 0 radical (unpaired) electrons. The average Bonchev–Trinajstić information content (AvgIpc) is 2.53. The lowest BCUT2D eigenvalue weighted by Gasteiger charge is -2.12. The number of rotatable bonds is 4. The fraction of sp³-hybridized carbons (Fsp3) is 0.375. The molecular weight excluding hydrogens is 328 g/mol. The van der Waals surface area contributed by atoms with Gasteiger partial charge in [-0.1, -0.05) is 27.7 Å². The van der Waals surface area contributed by atoms with Crippen LogP contribution >= 0.6 is 12.2 Å². The van der Waals surface area contributed by atoms with E-state index in [-0.39, 0.29) is 28.8 Å². The zero-order valence-electron chi connectivity index (χ0n) is 14.1. The number of nitrogens with one attached hydrogen (secondary N) is 4. The van der Waals surface area contributed by atoms with Gasteiger partial charge in [0.15, 0.2) is 5.11 Å². The molecule has 1 aromatic rings. The summed E-state index contributed by atoms with van der Waals surface area (Å²) in [5, 5.41) is 5.20. The van der Waals surface area contributed by atoms with E-state index >= 15 is 0 Å². The van der Waals surface area contributed by atoms with Gasteiger partial charge in [-0.05, 0) is 36.5 Å². The lowest BCUT2D eigenvalue weighted by atomic mass is 10.1. The van der Waals surface area contributed by atoms with Gasteiger partial charge < -0.3 is 10.6 Å². The van der Waals surface area contributed by atoms with E-state index in [2.05, 4.69) is 21.5 Å². The number of carbonyl (C=O) groups excluding carboxylic acids is 3. The molecule has 0 saturated heterocycles. The van der Waals surface area contributed by atoms with Crippen LogP contribution in [0.3, 0.4) is 0 Å². The molecule has 130 valence electrons. The molecule has 0 fully saturated rings. The van der Waals surface area contributed by atoms with Crippen molar-refractivity contribution in [3.05, 3.63) is 29.8 Å². The molecule has 24 heavy (non-hydrogen) atoms. The van der Waals surface area contributed by atoms with Gasteiger partial charge in [-0.15, -0.1) is 0 Å². The zero-order chi connectivity index (χ0) is 18.3. The first kappa shape index (κ1) is 19.6. The molecule has 0 aromatic heterocycles. The van der Waals surface area contributed by atoms with Crippen LogP contribution in [0.4, 0.5) is 5.69 Å². The number of carbonyl (C=O) groups is 3. The van der Waals surface area contributed by atoms with Crippen molar-refractivity contribution >= 4 is 40.7 Å². The topological polar surface area (TPSA) is 99.3 Å². The van der Waals surface area contributed by atoms with Gasteiger partial charge in [0.25, 0.3) is 5.91 Å². The summed E-state index contributed by atoms with van der Waals surface area (Å²) in [6.45, 7) is 7.06. The summed E-state index contributed by atoms with van der Waals surface area (Å²) < 4.78 is 0. The van der Waals surface area contributed by atoms with E-state index in [1.807, 2.05) is 0 Å². The Morgan fingerprint density at radius 2 is 1.42 bits per heavy atom. The highest BCUT2D eigenvalue weighted by Gasteiger charge is 2.11. The fourth-order valence-electron chi connectivity index (χ4n) is 1.46. The third kappa shape index (κ3) is 6.33. The Labute approximate surface area is 146 Å². The summed E-state index contributed by atoms with van der Waals surface area (Å²) >= 11 is 4.91. The van der Waals surface area contributed by atoms with Crippen molar-refractivity contribution in [2.24, 2.45) is 11.8 Å². The molecule has 0 atom stereocenters. The van der Waals surface area contributed by atoms with E-state index < -0.39 is 5.91 Å². The maximum atomic E-state index is 12.0. The van der Waals surface area contributed by atoms with Crippen molar-refractivity contribution in [3.63, 3.8) is 0 Å². The minimum Gasteiger partial charge on any atom is -0.326 e. The van der Waals surface area contributed by atoms with Crippen LogP contribution in [0.25, 0.3) is 0 Å². The molecule has 0 aliphatic heterocycles. The molecule has 1 rings (SSSR count). The Hall–Kier alpha value is -2.48. The molecular formula is C16H22N4O3S. The van der Waals surface area contributed by atoms with E-state index in [4.69, 9.17) is 12.2 Å². The second kappa shape index (κ2) is 8.97. The van der Waals surface area contributed by atoms with E-state index in [9.17, 15) is 14.4 Å². The van der Waals surface area contributed by atoms with Crippen molar-refractivity contribution in [1.29, 1.82) is 0 Å². The highest BCUT2D eigenvalue weighted by molar-refractivity contribution is 7.80. The van der Waals surface area contributed by atoms with Gasteiger partial charge in [0.2, 0.25) is 11.8 Å². The van der Waals surface area contributed by atoms with Crippen LogP contribution in [-0.2, 0) is 9.59 Å². The molecule has 0 bridgehead atoms. The molecule has 1 aromatic carbocycles. The number of hydrogen-bond donors (Lipinski definition) is 4. The SMILES string of the molecule is CC(C)C(=O)NC(=S)NNC(=O)c1ccc(NC(=O)C(C)C)cc1. The summed E-state index contributed by atoms with van der Waals surface area (Å²) in [6.07, 6.45) is 0. The van der Waals surface area contributed by atoms with E-state index in [0.29, 0.717) is 11.3 Å². The third-order valence-corrected chi connectivity index (χ3v) is 3.19. The summed E-state index contributed by atoms with van der Waals surface area (Å²) in [6, 6.07) is 6.41. The van der Waals surface area contributed by atoms with Crippen LogP contribution in [0.15, 0.2) is 24.3 Å². The summed E-state index contributed by atoms with van der Waals surface area (Å²) in [5.41, 5.74) is 5.83. The number of amides is 3. The van der Waals surface area contributed by atoms with Crippen molar-refractivity contribution in [3.8, 4) is 0 Å². The first-order valence-corrected chi connectivity index (χ1v) is 7.93. The fourth-order valence-corrected chi connectivity index (χ4v) is 1.62. The average molecular weight is 350 g/mol. The maximum Gasteiger partial charge on any atom is 0.269 e. The van der Waals surface area contributed by atoms with Crippen molar-refractivity contribution in [2.75, 3.05) is 5.32 Å². The number of hydrogen-bond acceptors (Lipinski definition) is 4. The lowest BCUT2D eigenvalue weighted by Crippen LogP contribution is -2.49. The van der Waals surface area contributed by atoms with Gasteiger partial charge in [0.1, 0.15) is 0 Å². The molecule has 8 heteroatoms. The van der Waals surface area contributed by atoms with Crippen LogP contribution < -0.4 is 21.5 Å². The van der Waals surface area contributed by atoms with Crippen LogP contribution in [0.1, 0.15) is 38.1 Å². The standard InChI is InChI=1S/C16H22N4O3S/c1-9(2)13(21)17-12-7-5-11(6-8-12)15(23)19-20-16(24)18-14(22)10(3)4/h5-10H,1-4H3,(H,17,21)(H,19,23)(H2,18,20,22,24). The van der Waals surface area contributed by atoms with Crippen molar-refractivity contribution in [1.82, 2.24) is 16.2 Å². The van der Waals surface area contributed by atoms with Gasteiger partial charge in [-0.25, -0.2) is 0 Å². The van der Waals surface area contributed by atoms with Crippen molar-refractivity contribution in [2.45, 2.75) is 27.7 Å². The normalized spacial score (nSPS) is 10.2. The highest BCUT2D eigenvalue weighted by Crippen LogP contribution is 2.10. The van der Waals surface area contributed by atoms with Crippen LogP contribution in [0.5, 0.6) is 0 Å². The highest BCUT2D eigenvalue weighted by atomic mass is 32.1. The van der Waals surface area contributed by atoms with E-state index in [0.717, 1.165) is 0 Å². The summed E-state index contributed by atoms with van der Waals surface area (Å²) in [5.74, 6) is -1.10. The van der Waals surface area contributed by atoms with E-state index in [1.165, 1.54) is 0 Å². The molecule has 7 nitrogen and oxygen atoms in total. The van der Waals surface area contributed by atoms with Crippen molar-refractivity contribution < 1.29 is 14.4 Å². The molecule has 0 aliphatic rings. The summed E-state index contributed by atoms with van der Waals surface area (Å²) in [7, 11) is 0. The van der Waals surface area contributed by atoms with Crippen LogP contribution in [0.2, 0.25) is 0 Å². The Morgan fingerprint density at radius 3 is 1.92 bits per heavy atom. The Morgan fingerprint density at radius 1 is 0.875 bits per heavy atom. The minimum atomic E-state index is -0.419. The lowest BCUT2D eigenvalue weighted by molar-refractivity contribution is -0.122. The Balaban J connectivity index is 2.52. The first-order chi connectivity index (χ1) is 11.2. The van der Waals surface area contributed by atoms with Gasteiger partial charge in [0, 0.05) is 23.1 Å². The molecule has 3 amide bonds. The largest absolute Gasteiger partial charge is 0.326 e. The zero-order valence-corrected chi connectivity index (χ0v) is 14.9. The molecule has 0 spiro atoms. The predicted molar refractivity (Wildman–Crippen MR) is 96.1 cm³/mol. The number of benzene rings is 1. The monoisotopic (exact) mass is 350 g/mol. The summed E-state index contributed by atoms with van der Waals surface area (Å²) in [4.78, 5) is 35.0. The second-order valence-corrected chi connectivity index (χ2v) is 6.18. The van der Waals surface area contributed by atoms with Gasteiger partial charge in [-0.3, -0.25) is 25.2 Å². The van der Waals surface area contributed by atoms with Crippen LogP contribution in [-0.4, -0.2) is 22.8 Å². The molecule has 0 heterocycles. The van der Waals surface area contributed by atoms with Gasteiger partial charge in [0.05, 0.1) is 0 Å². The quantitative estimate of drug-likeness (QED) is 0.488. The minimum absolute atomic E-state index is 0.0165. The van der Waals surface area contributed by atoms with Crippen LogP contribution in [0, 0.1) is 11.8 Å². The molecule has 0 aliphatic carbocycles. The van der Waals surface area contributed by atoms with E-state index in [1.54, 1.807) is 52.0 Å². The second-order valence-electron chi connectivity index (χ2n) is 5.77. The molecule has 4 N–H and O–H groups in total. The van der Waals surface area contributed by atoms with Gasteiger partial charge >= 0.3 is 0 Å². The number of anilines is 1. The first-order valence-electron chi connectivity index (χ1n) is 7.52. The Kier molecular flexibility index (Phi) is 7.31. The molecule has 0 unspecified atom stereocenters. The number of hydrazine groups is 1. The third-order valence-electron chi connectivity index (χ3n) is 2.99. The molecule has 0 saturated carbocycles. The smallest absolute Gasteiger partial charge is 0.269 e.